The predicted molar refractivity (Wildman–Crippen MR) is 73.0 cm³/mol. The number of carboxylic acids is 1. The number of rotatable bonds is 2. The van der Waals surface area contributed by atoms with Crippen LogP contribution in [-0.2, 0) is 0 Å². The average Bonchev–Trinajstić information content (AvgIpc) is 2.29. The molecule has 0 saturated heterocycles. The highest BCUT2D eigenvalue weighted by atomic mass is 19.1. The normalized spacial score (nSPS) is 10.5. The molecule has 0 radical (unpaired) electrons. The van der Waals surface area contributed by atoms with E-state index in [0.29, 0.717) is 5.56 Å². The number of halogens is 1. The molecule has 2 aromatic rings. The molecule has 0 fully saturated rings. The molecule has 0 aliphatic carbocycles. The smallest absolute Gasteiger partial charge is 0.338 e. The number of aromatic carboxylic acids is 1. The van der Waals surface area contributed by atoms with E-state index in [1.165, 1.54) is 6.07 Å². The molecule has 0 aliphatic rings. The molecule has 2 nitrogen and oxygen atoms in total. The molecule has 2 aromatic carbocycles. The first-order chi connectivity index (χ1) is 8.91. The SMILES string of the molecule is Cc1cc(C)c(-c2cccc(C(=O)O)c2F)c(C)c1. The minimum absolute atomic E-state index is 0.295. The van der Waals surface area contributed by atoms with Crippen LogP contribution in [0.15, 0.2) is 30.3 Å². The van der Waals surface area contributed by atoms with E-state index >= 15 is 0 Å². The maximum Gasteiger partial charge on any atom is 0.338 e. The fourth-order valence-electron chi connectivity index (χ4n) is 2.50. The Morgan fingerprint density at radius 3 is 2.21 bits per heavy atom. The highest BCUT2D eigenvalue weighted by molar-refractivity contribution is 5.90. The van der Waals surface area contributed by atoms with E-state index in [4.69, 9.17) is 5.11 Å². The Kier molecular flexibility index (Phi) is 3.38. The lowest BCUT2D eigenvalue weighted by atomic mass is 9.92. The van der Waals surface area contributed by atoms with Crippen molar-refractivity contribution in [2.24, 2.45) is 0 Å². The van der Waals surface area contributed by atoms with Gasteiger partial charge < -0.3 is 5.11 Å². The van der Waals surface area contributed by atoms with Gasteiger partial charge in [-0.1, -0.05) is 29.8 Å². The average molecular weight is 258 g/mol. The lowest BCUT2D eigenvalue weighted by molar-refractivity contribution is 0.0692. The van der Waals surface area contributed by atoms with Crippen LogP contribution < -0.4 is 0 Å². The molecule has 0 bridgehead atoms. The van der Waals surface area contributed by atoms with Crippen molar-refractivity contribution in [2.45, 2.75) is 20.8 Å². The van der Waals surface area contributed by atoms with Crippen LogP contribution in [0.2, 0.25) is 0 Å². The fourth-order valence-corrected chi connectivity index (χ4v) is 2.50. The highest BCUT2D eigenvalue weighted by Crippen LogP contribution is 2.31. The quantitative estimate of drug-likeness (QED) is 0.879. The topological polar surface area (TPSA) is 37.3 Å². The number of benzene rings is 2. The van der Waals surface area contributed by atoms with Crippen molar-refractivity contribution in [3.63, 3.8) is 0 Å². The molecular weight excluding hydrogens is 243 g/mol. The Morgan fingerprint density at radius 1 is 1.11 bits per heavy atom. The Hall–Kier alpha value is -2.16. The molecule has 0 heterocycles. The van der Waals surface area contributed by atoms with Crippen LogP contribution >= 0.6 is 0 Å². The van der Waals surface area contributed by atoms with Crippen molar-refractivity contribution in [1.82, 2.24) is 0 Å². The lowest BCUT2D eigenvalue weighted by Gasteiger charge is -2.13. The fraction of sp³-hybridized carbons (Fsp3) is 0.188. The third-order valence-corrected chi connectivity index (χ3v) is 3.18. The third-order valence-electron chi connectivity index (χ3n) is 3.18. The highest BCUT2D eigenvalue weighted by Gasteiger charge is 2.17. The van der Waals surface area contributed by atoms with Crippen LogP contribution in [-0.4, -0.2) is 11.1 Å². The summed E-state index contributed by atoms with van der Waals surface area (Å²) in [5.41, 5.74) is 3.81. The maximum absolute atomic E-state index is 14.3. The van der Waals surface area contributed by atoms with E-state index in [1.54, 1.807) is 12.1 Å². The van der Waals surface area contributed by atoms with Gasteiger partial charge in [-0.2, -0.15) is 0 Å². The van der Waals surface area contributed by atoms with E-state index in [2.05, 4.69) is 0 Å². The van der Waals surface area contributed by atoms with Gasteiger partial charge in [-0.15, -0.1) is 0 Å². The largest absolute Gasteiger partial charge is 0.478 e. The molecule has 2 rings (SSSR count). The van der Waals surface area contributed by atoms with E-state index in [1.807, 2.05) is 32.9 Å². The van der Waals surface area contributed by atoms with Crippen LogP contribution in [0.1, 0.15) is 27.0 Å². The second kappa shape index (κ2) is 4.84. The zero-order valence-electron chi connectivity index (χ0n) is 11.1. The summed E-state index contributed by atoms with van der Waals surface area (Å²) in [6, 6.07) is 8.40. The first-order valence-corrected chi connectivity index (χ1v) is 6.02. The van der Waals surface area contributed by atoms with Gasteiger partial charge in [0.15, 0.2) is 0 Å². The van der Waals surface area contributed by atoms with Gasteiger partial charge in [0.1, 0.15) is 5.82 Å². The zero-order chi connectivity index (χ0) is 14.2. The first-order valence-electron chi connectivity index (χ1n) is 6.02. The molecule has 19 heavy (non-hydrogen) atoms. The zero-order valence-corrected chi connectivity index (χ0v) is 11.1. The molecule has 3 heteroatoms. The maximum atomic E-state index is 14.3. The molecule has 1 N–H and O–H groups in total. The summed E-state index contributed by atoms with van der Waals surface area (Å²) in [7, 11) is 0. The first kappa shape index (κ1) is 13.3. The van der Waals surface area contributed by atoms with Gasteiger partial charge in [0.2, 0.25) is 0 Å². The second-order valence-corrected chi connectivity index (χ2v) is 4.75. The minimum Gasteiger partial charge on any atom is -0.478 e. The van der Waals surface area contributed by atoms with Crippen LogP contribution in [0.4, 0.5) is 4.39 Å². The van der Waals surface area contributed by atoms with Crippen molar-refractivity contribution >= 4 is 5.97 Å². The van der Waals surface area contributed by atoms with Crippen molar-refractivity contribution in [3.05, 3.63) is 58.4 Å². The molecule has 0 amide bonds. The monoisotopic (exact) mass is 258 g/mol. The summed E-state index contributed by atoms with van der Waals surface area (Å²) in [4.78, 5) is 11.0. The predicted octanol–water partition coefficient (Wildman–Crippen LogP) is 4.12. The Labute approximate surface area is 111 Å². The number of hydrogen-bond acceptors (Lipinski definition) is 1. The molecular formula is C16H15FO2. The van der Waals surface area contributed by atoms with Crippen molar-refractivity contribution in [3.8, 4) is 11.1 Å². The van der Waals surface area contributed by atoms with Crippen LogP contribution in [0.3, 0.4) is 0 Å². The van der Waals surface area contributed by atoms with Crippen molar-refractivity contribution in [1.29, 1.82) is 0 Å². The van der Waals surface area contributed by atoms with Crippen LogP contribution in [0.5, 0.6) is 0 Å². The van der Waals surface area contributed by atoms with Gasteiger partial charge >= 0.3 is 5.97 Å². The molecule has 0 atom stereocenters. The number of carbonyl (C=O) groups is 1. The van der Waals surface area contributed by atoms with Gasteiger partial charge in [-0.05, 0) is 43.5 Å². The Bertz CT molecular complexity index is 637. The molecule has 0 unspecified atom stereocenters. The Balaban J connectivity index is 2.73. The molecule has 0 saturated carbocycles. The van der Waals surface area contributed by atoms with Gasteiger partial charge in [0.25, 0.3) is 0 Å². The van der Waals surface area contributed by atoms with Gasteiger partial charge in [0.05, 0.1) is 5.56 Å². The standard InChI is InChI=1S/C16H15FO2/c1-9-7-10(2)14(11(3)8-9)12-5-4-6-13(15(12)17)16(18)19/h4-8H,1-3H3,(H,18,19). The van der Waals surface area contributed by atoms with Gasteiger partial charge in [0, 0.05) is 5.56 Å². The van der Waals surface area contributed by atoms with E-state index in [-0.39, 0.29) is 5.56 Å². The van der Waals surface area contributed by atoms with Gasteiger partial charge in [-0.25, -0.2) is 9.18 Å². The summed E-state index contributed by atoms with van der Waals surface area (Å²) in [6.45, 7) is 5.79. The van der Waals surface area contributed by atoms with E-state index in [9.17, 15) is 9.18 Å². The Morgan fingerprint density at radius 2 is 1.68 bits per heavy atom. The van der Waals surface area contributed by atoms with Crippen LogP contribution in [0, 0.1) is 26.6 Å². The van der Waals surface area contributed by atoms with E-state index in [0.717, 1.165) is 22.3 Å². The number of aryl methyl sites for hydroxylation is 3. The van der Waals surface area contributed by atoms with Crippen LogP contribution in [0.25, 0.3) is 11.1 Å². The van der Waals surface area contributed by atoms with Gasteiger partial charge in [-0.3, -0.25) is 0 Å². The number of hydrogen-bond donors (Lipinski definition) is 1. The van der Waals surface area contributed by atoms with Crippen molar-refractivity contribution in [2.75, 3.05) is 0 Å². The number of carboxylic acid groups (broad SMARTS) is 1. The summed E-state index contributed by atoms with van der Waals surface area (Å²) in [5, 5.41) is 8.98. The second-order valence-electron chi connectivity index (χ2n) is 4.75. The van der Waals surface area contributed by atoms with Crippen molar-refractivity contribution < 1.29 is 14.3 Å². The molecule has 0 aromatic heterocycles. The third kappa shape index (κ3) is 2.36. The lowest BCUT2D eigenvalue weighted by Crippen LogP contribution is -2.03. The molecule has 0 spiro atoms. The summed E-state index contributed by atoms with van der Waals surface area (Å²) in [6.07, 6.45) is 0. The molecule has 98 valence electrons. The van der Waals surface area contributed by atoms with E-state index < -0.39 is 11.8 Å². The summed E-state index contributed by atoms with van der Waals surface area (Å²) >= 11 is 0. The molecule has 0 aliphatic heterocycles. The summed E-state index contributed by atoms with van der Waals surface area (Å²) in [5.74, 6) is -1.92. The summed E-state index contributed by atoms with van der Waals surface area (Å²) < 4.78 is 14.3. The minimum atomic E-state index is -1.25.